The normalized spacial score (nSPS) is 16.1. The summed E-state index contributed by atoms with van der Waals surface area (Å²) in [5.41, 5.74) is 8.48. The van der Waals surface area contributed by atoms with Gasteiger partial charge in [0, 0.05) is 31.1 Å². The van der Waals surface area contributed by atoms with Gasteiger partial charge in [-0.05, 0) is 29.0 Å². The van der Waals surface area contributed by atoms with Crippen molar-refractivity contribution in [3.63, 3.8) is 0 Å². The van der Waals surface area contributed by atoms with Gasteiger partial charge in [-0.2, -0.15) is 0 Å². The number of guanidine groups is 1. The maximum atomic E-state index is 5.97. The molecule has 1 aliphatic heterocycles. The number of aliphatic imine (C=N–C) groups is 1. The molecule has 0 atom stereocenters. The summed E-state index contributed by atoms with van der Waals surface area (Å²) in [5.74, 6) is 0.509. The minimum Gasteiger partial charge on any atom is -0.379 e. The number of rotatable bonds is 7. The van der Waals surface area contributed by atoms with Crippen LogP contribution in [0.5, 0.6) is 0 Å². The van der Waals surface area contributed by atoms with Crippen molar-refractivity contribution in [1.29, 1.82) is 0 Å². The summed E-state index contributed by atoms with van der Waals surface area (Å²) in [6.07, 6.45) is 0.975. The average molecular weight is 359 g/mol. The number of hydrogen-bond donors (Lipinski definition) is 2. The molecule has 1 aliphatic rings. The molecule has 0 unspecified atom stereocenters. The monoisotopic (exact) mass is 358 g/mol. The second-order valence-electron chi connectivity index (χ2n) is 6.17. The highest BCUT2D eigenvalue weighted by Crippen LogP contribution is 2.11. The first-order valence-corrected chi connectivity index (χ1v) is 9.61. The van der Waals surface area contributed by atoms with Crippen molar-refractivity contribution in [2.45, 2.75) is 19.5 Å². The molecular weight excluding hydrogens is 332 g/mol. The molecule has 25 heavy (non-hydrogen) atoms. The number of nitrogens with two attached hydrogens (primary N) is 1. The van der Waals surface area contributed by atoms with Gasteiger partial charge in [-0.25, -0.2) is 4.99 Å². The van der Waals surface area contributed by atoms with Crippen molar-refractivity contribution in [2.75, 3.05) is 32.8 Å². The summed E-state index contributed by atoms with van der Waals surface area (Å²) in [6.45, 7) is 6.06. The highest BCUT2D eigenvalue weighted by molar-refractivity contribution is 7.09. The zero-order valence-corrected chi connectivity index (χ0v) is 15.3. The molecule has 0 spiro atoms. The van der Waals surface area contributed by atoms with Crippen molar-refractivity contribution in [2.24, 2.45) is 10.7 Å². The Morgan fingerprint density at radius 1 is 1.20 bits per heavy atom. The van der Waals surface area contributed by atoms with Gasteiger partial charge in [-0.1, -0.05) is 30.3 Å². The molecule has 3 N–H and O–H groups in total. The molecule has 0 bridgehead atoms. The first-order valence-electron chi connectivity index (χ1n) is 8.74. The lowest BCUT2D eigenvalue weighted by molar-refractivity contribution is 0.0342. The second kappa shape index (κ2) is 9.56. The van der Waals surface area contributed by atoms with E-state index in [4.69, 9.17) is 10.5 Å². The molecule has 0 amide bonds. The van der Waals surface area contributed by atoms with Crippen LogP contribution in [0.2, 0.25) is 0 Å². The largest absolute Gasteiger partial charge is 0.379 e. The highest BCUT2D eigenvalue weighted by Gasteiger charge is 2.10. The van der Waals surface area contributed by atoms with Crippen molar-refractivity contribution < 1.29 is 4.74 Å². The molecule has 0 aliphatic carbocycles. The maximum absolute atomic E-state index is 5.97. The molecule has 1 aromatic heterocycles. The van der Waals surface area contributed by atoms with Crippen LogP contribution in [-0.2, 0) is 24.2 Å². The average Bonchev–Trinajstić information content (AvgIpc) is 3.15. The van der Waals surface area contributed by atoms with E-state index in [1.165, 1.54) is 16.0 Å². The number of nitrogens with one attached hydrogen (secondary N) is 1. The smallest absolute Gasteiger partial charge is 0.188 e. The van der Waals surface area contributed by atoms with Gasteiger partial charge < -0.3 is 15.8 Å². The van der Waals surface area contributed by atoms with Gasteiger partial charge >= 0.3 is 0 Å². The van der Waals surface area contributed by atoms with E-state index in [9.17, 15) is 0 Å². The standard InChI is InChI=1S/C19H26N4OS/c20-19(21-7-6-18-5-2-12-25-18)22-14-16-3-1-4-17(13-16)15-23-8-10-24-11-9-23/h1-5,12-13H,6-11,14-15H2,(H3,20,21,22). The van der Waals surface area contributed by atoms with Crippen LogP contribution in [0.3, 0.4) is 0 Å². The molecule has 134 valence electrons. The van der Waals surface area contributed by atoms with Gasteiger partial charge in [-0.3, -0.25) is 4.90 Å². The van der Waals surface area contributed by atoms with Gasteiger partial charge in [0.1, 0.15) is 0 Å². The molecule has 6 heteroatoms. The maximum Gasteiger partial charge on any atom is 0.188 e. The third-order valence-corrected chi connectivity index (χ3v) is 5.13. The Bertz CT molecular complexity index is 666. The first kappa shape index (κ1) is 17.9. The Morgan fingerprint density at radius 2 is 2.04 bits per heavy atom. The predicted octanol–water partition coefficient (Wildman–Crippen LogP) is 2.23. The third-order valence-electron chi connectivity index (χ3n) is 4.19. The molecular formula is C19H26N4OS. The lowest BCUT2D eigenvalue weighted by Gasteiger charge is -2.26. The molecule has 5 nitrogen and oxygen atoms in total. The van der Waals surface area contributed by atoms with Gasteiger partial charge in [0.25, 0.3) is 0 Å². The van der Waals surface area contributed by atoms with Crippen molar-refractivity contribution in [3.05, 3.63) is 57.8 Å². The van der Waals surface area contributed by atoms with E-state index in [1.54, 1.807) is 11.3 Å². The number of thiophene rings is 1. The van der Waals surface area contributed by atoms with E-state index in [-0.39, 0.29) is 0 Å². The van der Waals surface area contributed by atoms with Crippen molar-refractivity contribution in [1.82, 2.24) is 10.2 Å². The molecule has 1 fully saturated rings. The molecule has 3 rings (SSSR count). The van der Waals surface area contributed by atoms with Crippen LogP contribution in [0.25, 0.3) is 0 Å². The minimum absolute atomic E-state index is 0.509. The Labute approximate surface area is 153 Å². The fourth-order valence-electron chi connectivity index (χ4n) is 2.84. The van der Waals surface area contributed by atoms with Crippen LogP contribution in [0.4, 0.5) is 0 Å². The number of nitrogens with zero attached hydrogens (tertiary/aromatic N) is 2. The van der Waals surface area contributed by atoms with Gasteiger partial charge in [0.05, 0.1) is 19.8 Å². The predicted molar refractivity (Wildman–Crippen MR) is 104 cm³/mol. The highest BCUT2D eigenvalue weighted by atomic mass is 32.1. The lowest BCUT2D eigenvalue weighted by atomic mass is 10.1. The summed E-state index contributed by atoms with van der Waals surface area (Å²) in [7, 11) is 0. The number of hydrogen-bond acceptors (Lipinski definition) is 4. The van der Waals surface area contributed by atoms with E-state index in [0.717, 1.165) is 45.8 Å². The van der Waals surface area contributed by atoms with Crippen LogP contribution in [0.1, 0.15) is 16.0 Å². The fourth-order valence-corrected chi connectivity index (χ4v) is 3.55. The molecule has 1 aromatic carbocycles. The van der Waals surface area contributed by atoms with E-state index in [0.29, 0.717) is 12.5 Å². The summed E-state index contributed by atoms with van der Waals surface area (Å²) < 4.78 is 5.40. The van der Waals surface area contributed by atoms with Crippen LogP contribution >= 0.6 is 11.3 Å². The first-order chi connectivity index (χ1) is 12.3. The SMILES string of the molecule is NC(=NCc1cccc(CN2CCOCC2)c1)NCCc1cccs1. The summed E-state index contributed by atoms with van der Waals surface area (Å²) in [6, 6.07) is 12.8. The summed E-state index contributed by atoms with van der Waals surface area (Å²) in [5, 5.41) is 5.28. The van der Waals surface area contributed by atoms with E-state index in [2.05, 4.69) is 57.0 Å². The van der Waals surface area contributed by atoms with Crippen LogP contribution < -0.4 is 11.1 Å². The van der Waals surface area contributed by atoms with Crippen LogP contribution in [-0.4, -0.2) is 43.7 Å². The van der Waals surface area contributed by atoms with Gasteiger partial charge in [0.15, 0.2) is 5.96 Å². The van der Waals surface area contributed by atoms with Gasteiger partial charge in [-0.15, -0.1) is 11.3 Å². The van der Waals surface area contributed by atoms with E-state index >= 15 is 0 Å². The molecule has 1 saturated heterocycles. The Morgan fingerprint density at radius 3 is 2.84 bits per heavy atom. The Hall–Kier alpha value is -1.89. The van der Waals surface area contributed by atoms with Gasteiger partial charge in [0.2, 0.25) is 0 Å². The van der Waals surface area contributed by atoms with Crippen LogP contribution in [0, 0.1) is 0 Å². The molecule has 0 saturated carbocycles. The number of benzene rings is 1. The Kier molecular flexibility index (Phi) is 6.85. The van der Waals surface area contributed by atoms with Crippen molar-refractivity contribution >= 4 is 17.3 Å². The molecule has 2 aromatic rings. The minimum atomic E-state index is 0.509. The zero-order valence-electron chi connectivity index (χ0n) is 14.5. The van der Waals surface area contributed by atoms with Crippen molar-refractivity contribution in [3.8, 4) is 0 Å². The molecule has 0 radical (unpaired) electrons. The lowest BCUT2D eigenvalue weighted by Crippen LogP contribution is -2.35. The van der Waals surface area contributed by atoms with Crippen LogP contribution in [0.15, 0.2) is 46.8 Å². The molecule has 2 heterocycles. The summed E-state index contributed by atoms with van der Waals surface area (Å²) >= 11 is 1.77. The topological polar surface area (TPSA) is 62.9 Å². The summed E-state index contributed by atoms with van der Waals surface area (Å²) in [4.78, 5) is 8.23. The third kappa shape index (κ3) is 6.16. The quantitative estimate of drug-likeness (QED) is 0.588. The number of ether oxygens (including phenoxy) is 1. The van der Waals surface area contributed by atoms with E-state index in [1.807, 2.05) is 0 Å². The Balaban J connectivity index is 1.45. The zero-order chi connectivity index (χ0) is 17.3. The number of morpholine rings is 1. The fraction of sp³-hybridized carbons (Fsp3) is 0.421. The second-order valence-corrected chi connectivity index (χ2v) is 7.20. The van der Waals surface area contributed by atoms with E-state index < -0.39 is 0 Å².